The number of hydrogen-bond acceptors (Lipinski definition) is 2. The first-order valence-corrected chi connectivity index (χ1v) is 5.88. The summed E-state index contributed by atoms with van der Waals surface area (Å²) in [4.78, 5) is 12.4. The van der Waals surface area contributed by atoms with Crippen LogP contribution in [0.5, 0.6) is 0 Å². The van der Waals surface area contributed by atoms with Crippen molar-refractivity contribution in [2.45, 2.75) is 0 Å². The number of imidazole rings is 1. The number of aromatic amines is 1. The Morgan fingerprint density at radius 3 is 2.67 bits per heavy atom. The van der Waals surface area contributed by atoms with Crippen molar-refractivity contribution >= 4 is 28.2 Å². The molecule has 3 N–H and O–H groups in total. The molecule has 0 amide bonds. The van der Waals surface area contributed by atoms with Gasteiger partial charge in [0.2, 0.25) is 5.82 Å². The van der Waals surface area contributed by atoms with Gasteiger partial charge in [-0.25, -0.2) is 4.98 Å². The third kappa shape index (κ3) is 1.36. The fourth-order valence-electron chi connectivity index (χ4n) is 2.22. The molecule has 2 heterocycles. The van der Waals surface area contributed by atoms with Crippen molar-refractivity contribution in [3.63, 3.8) is 0 Å². The van der Waals surface area contributed by atoms with Gasteiger partial charge in [0.15, 0.2) is 5.69 Å². The number of para-hydroxylation sites is 4. The lowest BCUT2D eigenvalue weighted by Gasteiger charge is -1.91. The predicted octanol–water partition coefficient (Wildman–Crippen LogP) is 1.85. The van der Waals surface area contributed by atoms with Crippen molar-refractivity contribution in [3.8, 4) is 0 Å². The molecule has 0 fully saturated rings. The Kier molecular flexibility index (Phi) is 1.87. The molecular formula is C14H11N4+. The van der Waals surface area contributed by atoms with Gasteiger partial charge in [0, 0.05) is 6.07 Å². The topological polar surface area (TPSA) is 57.6 Å². The fraction of sp³-hybridized carbons (Fsp3) is 0. The smallest absolute Gasteiger partial charge is 0.273 e. The zero-order chi connectivity index (χ0) is 11.9. The van der Waals surface area contributed by atoms with Crippen LogP contribution in [0.15, 0.2) is 53.5 Å². The number of amidine groups is 1. The van der Waals surface area contributed by atoms with Gasteiger partial charge in [0.25, 0.3) is 5.84 Å². The van der Waals surface area contributed by atoms with Gasteiger partial charge in [-0.2, -0.15) is 4.99 Å². The zero-order valence-corrected chi connectivity index (χ0v) is 9.59. The first-order chi connectivity index (χ1) is 8.90. The number of nitrogens with two attached hydrogens (primary N) is 1. The largest absolute Gasteiger partial charge is 0.332 e. The summed E-state index contributed by atoms with van der Waals surface area (Å²) in [5.74, 6) is 1.72. The number of rotatable bonds is 1. The van der Waals surface area contributed by atoms with Crippen molar-refractivity contribution in [2.75, 3.05) is 0 Å². The summed E-state index contributed by atoms with van der Waals surface area (Å²) in [5.41, 5.74) is 4.17. The molecule has 0 spiro atoms. The fourth-order valence-corrected chi connectivity index (χ4v) is 2.22. The summed E-state index contributed by atoms with van der Waals surface area (Å²) in [6.07, 6.45) is 0. The number of benzene rings is 2. The Balaban J connectivity index is 1.82. The van der Waals surface area contributed by atoms with Gasteiger partial charge in [0.05, 0.1) is 11.0 Å². The van der Waals surface area contributed by atoms with Crippen LogP contribution < -0.4 is 5.32 Å². The molecule has 18 heavy (non-hydrogen) atoms. The molecule has 1 aliphatic rings. The van der Waals surface area contributed by atoms with Crippen molar-refractivity contribution in [1.29, 1.82) is 0 Å². The lowest BCUT2D eigenvalue weighted by atomic mass is 10.3. The van der Waals surface area contributed by atoms with E-state index >= 15 is 0 Å². The number of quaternary nitrogens is 1. The highest BCUT2D eigenvalue weighted by molar-refractivity contribution is 5.97. The van der Waals surface area contributed by atoms with E-state index < -0.39 is 0 Å². The summed E-state index contributed by atoms with van der Waals surface area (Å²) in [7, 11) is 0. The van der Waals surface area contributed by atoms with Crippen LogP contribution in [0.3, 0.4) is 0 Å². The molecule has 2 aromatic carbocycles. The number of hydrogen-bond donors (Lipinski definition) is 2. The van der Waals surface area contributed by atoms with Crippen LogP contribution in [0, 0.1) is 0 Å². The Bertz CT molecular complexity index is 737. The van der Waals surface area contributed by atoms with Crippen molar-refractivity contribution < 1.29 is 5.32 Å². The molecule has 3 aromatic rings. The van der Waals surface area contributed by atoms with E-state index in [0.717, 1.165) is 34.1 Å². The summed E-state index contributed by atoms with van der Waals surface area (Å²) in [6, 6.07) is 16.1. The van der Waals surface area contributed by atoms with Gasteiger partial charge >= 0.3 is 0 Å². The number of nitrogens with one attached hydrogen (secondary N) is 1. The van der Waals surface area contributed by atoms with Crippen LogP contribution in [0.1, 0.15) is 5.82 Å². The van der Waals surface area contributed by atoms with E-state index in [1.807, 2.05) is 42.5 Å². The van der Waals surface area contributed by atoms with Gasteiger partial charge in [-0.05, 0) is 18.2 Å². The molecule has 4 rings (SSSR count). The predicted molar refractivity (Wildman–Crippen MR) is 70.3 cm³/mol. The summed E-state index contributed by atoms with van der Waals surface area (Å²) < 4.78 is 0. The van der Waals surface area contributed by atoms with E-state index in [1.54, 1.807) is 0 Å². The average Bonchev–Trinajstić information content (AvgIpc) is 3.02. The average molecular weight is 235 g/mol. The Labute approximate surface area is 103 Å². The number of nitrogens with zero attached hydrogens (tertiary/aromatic N) is 2. The minimum Gasteiger partial charge on any atom is -0.332 e. The Morgan fingerprint density at radius 1 is 0.944 bits per heavy atom. The van der Waals surface area contributed by atoms with Gasteiger partial charge in [0.1, 0.15) is 5.69 Å². The van der Waals surface area contributed by atoms with Crippen LogP contribution in [0.25, 0.3) is 11.0 Å². The maximum atomic E-state index is 4.58. The molecule has 1 aliphatic heterocycles. The maximum absolute atomic E-state index is 4.58. The third-order valence-corrected chi connectivity index (χ3v) is 3.10. The molecule has 0 aliphatic carbocycles. The van der Waals surface area contributed by atoms with Crippen LogP contribution in [0.4, 0.5) is 11.4 Å². The molecule has 86 valence electrons. The van der Waals surface area contributed by atoms with E-state index in [1.165, 1.54) is 0 Å². The molecule has 1 aromatic heterocycles. The summed E-state index contributed by atoms with van der Waals surface area (Å²) in [6.45, 7) is 0. The van der Waals surface area contributed by atoms with E-state index in [9.17, 15) is 0 Å². The normalized spacial score (nSPS) is 13.7. The van der Waals surface area contributed by atoms with E-state index in [4.69, 9.17) is 0 Å². The van der Waals surface area contributed by atoms with Crippen LogP contribution in [-0.2, 0) is 0 Å². The highest BCUT2D eigenvalue weighted by Gasteiger charge is 2.22. The van der Waals surface area contributed by atoms with Crippen LogP contribution >= 0.6 is 0 Å². The minimum absolute atomic E-state index is 0.826. The van der Waals surface area contributed by atoms with E-state index in [0.29, 0.717) is 0 Å². The molecule has 4 nitrogen and oxygen atoms in total. The number of fused-ring (bicyclic) bond motifs is 2. The summed E-state index contributed by atoms with van der Waals surface area (Å²) in [5, 5.41) is 2.06. The number of aromatic nitrogens is 2. The molecule has 0 radical (unpaired) electrons. The molecule has 4 heteroatoms. The quantitative estimate of drug-likeness (QED) is 0.621. The van der Waals surface area contributed by atoms with Crippen molar-refractivity contribution in [2.24, 2.45) is 4.99 Å². The number of aliphatic imine (C=N–C) groups is 1. The van der Waals surface area contributed by atoms with Crippen LogP contribution in [-0.4, -0.2) is 15.8 Å². The Hall–Kier alpha value is -2.46. The molecule has 0 saturated carbocycles. The van der Waals surface area contributed by atoms with Gasteiger partial charge in [-0.3, -0.25) is 5.32 Å². The molecular weight excluding hydrogens is 224 g/mol. The Morgan fingerprint density at radius 2 is 1.78 bits per heavy atom. The lowest BCUT2D eigenvalue weighted by molar-refractivity contribution is -0.437. The van der Waals surface area contributed by atoms with E-state index in [2.05, 4.69) is 26.3 Å². The molecule has 0 bridgehead atoms. The maximum Gasteiger partial charge on any atom is 0.273 e. The first kappa shape index (κ1) is 9.56. The summed E-state index contributed by atoms with van der Waals surface area (Å²) >= 11 is 0. The third-order valence-electron chi connectivity index (χ3n) is 3.10. The second-order valence-electron chi connectivity index (χ2n) is 4.30. The molecule has 0 saturated heterocycles. The lowest BCUT2D eigenvalue weighted by Crippen LogP contribution is -2.81. The second kappa shape index (κ2) is 3.51. The van der Waals surface area contributed by atoms with Gasteiger partial charge < -0.3 is 4.98 Å². The second-order valence-corrected chi connectivity index (χ2v) is 4.30. The van der Waals surface area contributed by atoms with E-state index in [-0.39, 0.29) is 0 Å². The van der Waals surface area contributed by atoms with Crippen LogP contribution in [0.2, 0.25) is 0 Å². The molecule has 0 atom stereocenters. The SMILES string of the molecule is c1ccc2c(c1)N=C(c1nc3ccccc3[nH]1)[NH2+]2. The highest BCUT2D eigenvalue weighted by Crippen LogP contribution is 2.24. The number of H-pyrrole nitrogens is 1. The van der Waals surface area contributed by atoms with Gasteiger partial charge in [-0.15, -0.1) is 0 Å². The van der Waals surface area contributed by atoms with Crippen molar-refractivity contribution in [1.82, 2.24) is 9.97 Å². The van der Waals surface area contributed by atoms with Crippen molar-refractivity contribution in [3.05, 3.63) is 54.4 Å². The van der Waals surface area contributed by atoms with Gasteiger partial charge in [-0.1, -0.05) is 24.3 Å². The minimum atomic E-state index is 0.826. The first-order valence-electron chi connectivity index (χ1n) is 5.88. The zero-order valence-electron chi connectivity index (χ0n) is 9.59. The highest BCUT2D eigenvalue weighted by atomic mass is 15.1. The molecule has 0 unspecified atom stereocenters. The monoisotopic (exact) mass is 235 g/mol. The standard InChI is InChI=1S/C14H10N4/c1-2-6-10-9(5-1)15-13(16-10)14-17-11-7-3-4-8-12(11)18-14/h1-8H,(H,15,16)(H,17,18)/p+1.